The van der Waals surface area contributed by atoms with Gasteiger partial charge in [-0.2, -0.15) is 0 Å². The lowest BCUT2D eigenvalue weighted by Crippen LogP contribution is -1.73. The van der Waals surface area contributed by atoms with Crippen LogP contribution in [0, 0.1) is 0 Å². The number of H-pyrrole nitrogens is 2. The Morgan fingerprint density at radius 1 is 0.696 bits per heavy atom. The largest absolute Gasteiger partial charge is 0.504 e. The maximum atomic E-state index is 9.86. The van der Waals surface area contributed by atoms with E-state index in [0.717, 1.165) is 48.1 Å². The summed E-state index contributed by atoms with van der Waals surface area (Å²) < 4.78 is 1.02. The Kier molecular flexibility index (Phi) is 2.35. The molecular weight excluding hydrogens is 356 g/mol. The molecule has 5 heteroatoms. The van der Waals surface area contributed by atoms with Crippen molar-refractivity contribution in [2.75, 3.05) is 0 Å². The molecule has 0 saturated heterocycles. The molecular formula is C18H11BrN2O2. The van der Waals surface area contributed by atoms with E-state index in [1.807, 2.05) is 12.1 Å². The Hall–Kier alpha value is -2.66. The SMILES string of the molecule is Oc1cc2[nH]c3ccc4c5ccc(Br)cc5[nH]c4c3c2cc1O. The van der Waals surface area contributed by atoms with Gasteiger partial charge in [-0.15, -0.1) is 0 Å². The molecule has 3 aromatic carbocycles. The number of rotatable bonds is 0. The number of aromatic nitrogens is 2. The molecule has 0 saturated carbocycles. The van der Waals surface area contributed by atoms with Crippen molar-refractivity contribution >= 4 is 59.5 Å². The minimum absolute atomic E-state index is 0.116. The highest BCUT2D eigenvalue weighted by atomic mass is 79.9. The molecule has 0 aliphatic heterocycles. The molecule has 4 nitrogen and oxygen atoms in total. The Morgan fingerprint density at radius 3 is 2.30 bits per heavy atom. The van der Waals surface area contributed by atoms with Gasteiger partial charge in [-0.05, 0) is 24.3 Å². The van der Waals surface area contributed by atoms with Crippen LogP contribution >= 0.6 is 15.9 Å². The number of phenolic OH excluding ortho intramolecular Hbond substituents is 2. The first kappa shape index (κ1) is 12.8. The van der Waals surface area contributed by atoms with E-state index in [4.69, 9.17) is 0 Å². The molecule has 112 valence electrons. The van der Waals surface area contributed by atoms with E-state index in [1.54, 1.807) is 12.1 Å². The number of halogens is 1. The standard InChI is InChI=1S/C18H11BrN2O2/c19-8-1-2-9-10-3-4-12-17(18(10)21-13(9)5-8)11-6-15(22)16(23)7-14(11)20-12/h1-7,20-23H. The van der Waals surface area contributed by atoms with E-state index < -0.39 is 0 Å². The molecule has 0 aliphatic carbocycles. The zero-order valence-electron chi connectivity index (χ0n) is 11.8. The molecule has 0 amide bonds. The monoisotopic (exact) mass is 366 g/mol. The van der Waals surface area contributed by atoms with E-state index in [0.29, 0.717) is 0 Å². The summed E-state index contributed by atoms with van der Waals surface area (Å²) >= 11 is 3.50. The highest BCUT2D eigenvalue weighted by Gasteiger charge is 2.14. The minimum Gasteiger partial charge on any atom is -0.504 e. The van der Waals surface area contributed by atoms with Crippen LogP contribution in [0.5, 0.6) is 11.5 Å². The number of benzene rings is 3. The summed E-state index contributed by atoms with van der Waals surface area (Å²) in [4.78, 5) is 6.77. The summed E-state index contributed by atoms with van der Waals surface area (Å²) in [5.41, 5.74) is 3.83. The predicted molar refractivity (Wildman–Crippen MR) is 96.2 cm³/mol. The summed E-state index contributed by atoms with van der Waals surface area (Å²) in [5.74, 6) is -0.241. The number of fused-ring (bicyclic) bond motifs is 7. The average Bonchev–Trinajstić information content (AvgIpc) is 3.04. The van der Waals surface area contributed by atoms with Gasteiger partial charge in [0.05, 0.1) is 11.0 Å². The molecule has 4 N–H and O–H groups in total. The Morgan fingerprint density at radius 2 is 1.43 bits per heavy atom. The van der Waals surface area contributed by atoms with Crippen molar-refractivity contribution < 1.29 is 10.2 Å². The Balaban J connectivity index is 2.05. The van der Waals surface area contributed by atoms with Crippen molar-refractivity contribution in [3.63, 3.8) is 0 Å². The van der Waals surface area contributed by atoms with Gasteiger partial charge in [-0.1, -0.05) is 28.1 Å². The summed E-state index contributed by atoms with van der Waals surface area (Å²) in [6, 6.07) is 13.4. The van der Waals surface area contributed by atoms with Gasteiger partial charge in [0.2, 0.25) is 0 Å². The Bertz CT molecular complexity index is 1250. The molecule has 2 heterocycles. The molecule has 0 spiro atoms. The molecule has 0 unspecified atom stereocenters. The van der Waals surface area contributed by atoms with Crippen molar-refractivity contribution in [1.82, 2.24) is 9.97 Å². The second kappa shape index (κ2) is 4.20. The summed E-state index contributed by atoms with van der Waals surface area (Å²) in [5, 5.41) is 23.8. The Labute approximate surface area is 138 Å². The fourth-order valence-corrected chi connectivity index (χ4v) is 3.72. The van der Waals surface area contributed by atoms with Crippen molar-refractivity contribution in [3.05, 3.63) is 46.9 Å². The van der Waals surface area contributed by atoms with Gasteiger partial charge in [0.15, 0.2) is 11.5 Å². The normalized spacial score (nSPS) is 12.0. The van der Waals surface area contributed by atoms with Gasteiger partial charge in [0.1, 0.15) is 0 Å². The second-order valence-corrected chi connectivity index (χ2v) is 6.65. The van der Waals surface area contributed by atoms with Crippen LogP contribution in [0.2, 0.25) is 0 Å². The van der Waals surface area contributed by atoms with E-state index in [-0.39, 0.29) is 11.5 Å². The number of phenols is 2. The number of aromatic hydroxyl groups is 2. The van der Waals surface area contributed by atoms with Gasteiger partial charge in [0.25, 0.3) is 0 Å². The first-order chi connectivity index (χ1) is 11.1. The van der Waals surface area contributed by atoms with Crippen LogP contribution in [0.3, 0.4) is 0 Å². The number of aromatic amines is 2. The molecule has 5 rings (SSSR count). The van der Waals surface area contributed by atoms with Crippen LogP contribution in [0.15, 0.2) is 46.9 Å². The minimum atomic E-state index is -0.124. The smallest absolute Gasteiger partial charge is 0.159 e. The van der Waals surface area contributed by atoms with E-state index in [9.17, 15) is 10.2 Å². The maximum Gasteiger partial charge on any atom is 0.159 e. The predicted octanol–water partition coefficient (Wildman–Crippen LogP) is 5.13. The lowest BCUT2D eigenvalue weighted by molar-refractivity contribution is 0.405. The third kappa shape index (κ3) is 1.65. The zero-order chi connectivity index (χ0) is 15.7. The van der Waals surface area contributed by atoms with Crippen LogP contribution in [-0.4, -0.2) is 20.2 Å². The van der Waals surface area contributed by atoms with E-state index in [2.05, 4.69) is 44.1 Å². The van der Waals surface area contributed by atoms with Gasteiger partial charge < -0.3 is 20.2 Å². The number of nitrogens with one attached hydrogen (secondary N) is 2. The average molecular weight is 367 g/mol. The fourth-order valence-electron chi connectivity index (χ4n) is 3.36. The molecule has 23 heavy (non-hydrogen) atoms. The van der Waals surface area contributed by atoms with E-state index in [1.165, 1.54) is 0 Å². The van der Waals surface area contributed by atoms with E-state index >= 15 is 0 Å². The summed E-state index contributed by atoms with van der Waals surface area (Å²) in [6.07, 6.45) is 0. The molecule has 5 aromatic rings. The molecule has 2 aromatic heterocycles. The maximum absolute atomic E-state index is 9.86. The summed E-state index contributed by atoms with van der Waals surface area (Å²) in [7, 11) is 0. The second-order valence-electron chi connectivity index (χ2n) is 5.74. The van der Waals surface area contributed by atoms with Crippen molar-refractivity contribution in [2.24, 2.45) is 0 Å². The molecule has 0 radical (unpaired) electrons. The van der Waals surface area contributed by atoms with Gasteiger partial charge in [0, 0.05) is 43.1 Å². The molecule has 0 bridgehead atoms. The third-order valence-electron chi connectivity index (χ3n) is 4.39. The third-order valence-corrected chi connectivity index (χ3v) is 4.88. The van der Waals surface area contributed by atoms with Gasteiger partial charge in [-0.3, -0.25) is 0 Å². The van der Waals surface area contributed by atoms with Gasteiger partial charge in [-0.25, -0.2) is 0 Å². The van der Waals surface area contributed by atoms with Crippen LogP contribution in [0.25, 0.3) is 43.6 Å². The lowest BCUT2D eigenvalue weighted by atomic mass is 10.1. The fraction of sp³-hybridized carbons (Fsp3) is 0. The van der Waals surface area contributed by atoms with Crippen molar-refractivity contribution in [2.45, 2.75) is 0 Å². The zero-order valence-corrected chi connectivity index (χ0v) is 13.4. The molecule has 0 fully saturated rings. The first-order valence-electron chi connectivity index (χ1n) is 7.19. The lowest BCUT2D eigenvalue weighted by Gasteiger charge is -1.98. The highest BCUT2D eigenvalue weighted by Crippen LogP contribution is 2.39. The summed E-state index contributed by atoms with van der Waals surface area (Å²) in [6.45, 7) is 0. The van der Waals surface area contributed by atoms with Crippen LogP contribution in [0.1, 0.15) is 0 Å². The quantitative estimate of drug-likeness (QED) is 0.287. The number of hydrogen-bond acceptors (Lipinski definition) is 2. The number of hydrogen-bond donors (Lipinski definition) is 4. The van der Waals surface area contributed by atoms with Gasteiger partial charge >= 0.3 is 0 Å². The first-order valence-corrected chi connectivity index (χ1v) is 7.98. The van der Waals surface area contributed by atoms with Crippen LogP contribution in [-0.2, 0) is 0 Å². The highest BCUT2D eigenvalue weighted by molar-refractivity contribution is 9.10. The molecule has 0 aliphatic rings. The van der Waals surface area contributed by atoms with Crippen molar-refractivity contribution in [1.29, 1.82) is 0 Å². The van der Waals surface area contributed by atoms with Crippen molar-refractivity contribution in [3.8, 4) is 11.5 Å². The topological polar surface area (TPSA) is 72.0 Å². The van der Waals surface area contributed by atoms with Crippen LogP contribution in [0.4, 0.5) is 0 Å². The molecule has 0 atom stereocenters. The van der Waals surface area contributed by atoms with Crippen LogP contribution < -0.4 is 0 Å².